The highest BCUT2D eigenvalue weighted by Crippen LogP contribution is 2.20. The fourth-order valence-electron chi connectivity index (χ4n) is 2.83. The van der Waals surface area contributed by atoms with Gasteiger partial charge in [0.15, 0.2) is 5.82 Å². The van der Waals surface area contributed by atoms with Crippen LogP contribution in [0.2, 0.25) is 0 Å². The van der Waals surface area contributed by atoms with Gasteiger partial charge in [-0.25, -0.2) is 8.42 Å². The van der Waals surface area contributed by atoms with Crippen molar-refractivity contribution in [1.82, 2.24) is 10.5 Å². The summed E-state index contributed by atoms with van der Waals surface area (Å²) < 4.78 is 31.9. The van der Waals surface area contributed by atoms with Crippen LogP contribution < -0.4 is 10.0 Å². The van der Waals surface area contributed by atoms with Gasteiger partial charge in [0.05, 0.1) is 4.90 Å². The first-order valence-corrected chi connectivity index (χ1v) is 9.27. The van der Waals surface area contributed by atoms with Crippen molar-refractivity contribution < 1.29 is 12.9 Å². The van der Waals surface area contributed by atoms with E-state index in [1.807, 2.05) is 12.1 Å². The van der Waals surface area contributed by atoms with E-state index in [4.69, 9.17) is 4.52 Å². The second kappa shape index (κ2) is 6.72. The second-order valence-corrected chi connectivity index (χ2v) is 7.65. The number of hydrogen-bond acceptors (Lipinski definition) is 5. The minimum absolute atomic E-state index is 0.196. The van der Waals surface area contributed by atoms with Crippen molar-refractivity contribution in [3.8, 4) is 0 Å². The van der Waals surface area contributed by atoms with E-state index in [0.717, 1.165) is 19.5 Å². The summed E-state index contributed by atoms with van der Waals surface area (Å²) >= 11 is 0. The summed E-state index contributed by atoms with van der Waals surface area (Å²) in [5, 5.41) is 7.00. The Morgan fingerprint density at radius 3 is 2.57 bits per heavy atom. The Morgan fingerprint density at radius 2 is 1.96 bits per heavy atom. The first-order chi connectivity index (χ1) is 11.0. The number of nitrogens with zero attached hydrogens (tertiary/aromatic N) is 1. The molecule has 0 unspecified atom stereocenters. The lowest BCUT2D eigenvalue weighted by molar-refractivity contribution is 0.372. The maximum atomic E-state index is 12.3. The molecule has 1 aromatic heterocycles. The van der Waals surface area contributed by atoms with Crippen LogP contribution in [0.25, 0.3) is 0 Å². The van der Waals surface area contributed by atoms with Gasteiger partial charge in [0.1, 0.15) is 5.76 Å². The smallest absolute Gasteiger partial charge is 0.263 e. The molecule has 3 rings (SSSR count). The first kappa shape index (κ1) is 16.0. The van der Waals surface area contributed by atoms with Crippen LogP contribution in [0.3, 0.4) is 0 Å². The highest BCUT2D eigenvalue weighted by molar-refractivity contribution is 7.92. The number of piperidine rings is 1. The molecule has 124 valence electrons. The van der Waals surface area contributed by atoms with Crippen molar-refractivity contribution in [1.29, 1.82) is 0 Å². The Labute approximate surface area is 136 Å². The molecule has 0 bridgehead atoms. The van der Waals surface area contributed by atoms with E-state index in [-0.39, 0.29) is 10.7 Å². The number of hydrogen-bond donors (Lipinski definition) is 2. The highest BCUT2D eigenvalue weighted by Gasteiger charge is 2.17. The molecule has 0 atom stereocenters. The van der Waals surface area contributed by atoms with Crippen molar-refractivity contribution in [2.45, 2.75) is 31.1 Å². The van der Waals surface area contributed by atoms with Crippen LogP contribution in [0, 0.1) is 12.8 Å². The number of sulfonamides is 1. The SMILES string of the molecule is Cc1cc(NS(=O)(=O)c2ccc(CC3CCNCC3)cc2)no1. The summed E-state index contributed by atoms with van der Waals surface area (Å²) in [5.41, 5.74) is 1.17. The molecule has 6 nitrogen and oxygen atoms in total. The van der Waals surface area contributed by atoms with E-state index in [2.05, 4.69) is 15.2 Å². The van der Waals surface area contributed by atoms with Gasteiger partial charge in [-0.15, -0.1) is 0 Å². The van der Waals surface area contributed by atoms with E-state index in [1.165, 1.54) is 18.4 Å². The normalized spacial score (nSPS) is 16.4. The number of aryl methyl sites for hydroxylation is 1. The molecule has 1 aliphatic heterocycles. The largest absolute Gasteiger partial charge is 0.360 e. The Morgan fingerprint density at radius 1 is 1.26 bits per heavy atom. The molecule has 0 aliphatic carbocycles. The van der Waals surface area contributed by atoms with E-state index in [0.29, 0.717) is 11.7 Å². The summed E-state index contributed by atoms with van der Waals surface area (Å²) in [6, 6.07) is 8.62. The van der Waals surface area contributed by atoms with Crippen molar-refractivity contribution in [3.05, 3.63) is 41.7 Å². The van der Waals surface area contributed by atoms with Gasteiger partial charge in [0.2, 0.25) is 0 Å². The summed E-state index contributed by atoms with van der Waals surface area (Å²) in [5.74, 6) is 1.43. The third kappa shape index (κ3) is 4.11. The van der Waals surface area contributed by atoms with E-state index >= 15 is 0 Å². The van der Waals surface area contributed by atoms with Crippen LogP contribution in [-0.2, 0) is 16.4 Å². The summed E-state index contributed by atoms with van der Waals surface area (Å²) in [7, 11) is -3.63. The molecule has 1 fully saturated rings. The Balaban J connectivity index is 1.68. The molecule has 0 amide bonds. The molecule has 2 aromatic rings. The summed E-state index contributed by atoms with van der Waals surface area (Å²) in [6.45, 7) is 3.84. The fourth-order valence-corrected chi connectivity index (χ4v) is 3.82. The average Bonchev–Trinajstić information content (AvgIpc) is 2.93. The number of anilines is 1. The molecule has 0 saturated carbocycles. The van der Waals surface area contributed by atoms with Gasteiger partial charge in [0.25, 0.3) is 10.0 Å². The lowest BCUT2D eigenvalue weighted by atomic mass is 9.91. The molecular formula is C16H21N3O3S. The average molecular weight is 335 g/mol. The van der Waals surface area contributed by atoms with Crippen LogP contribution in [0.4, 0.5) is 5.82 Å². The first-order valence-electron chi connectivity index (χ1n) is 7.79. The minimum atomic E-state index is -3.63. The van der Waals surface area contributed by atoms with Gasteiger partial charge < -0.3 is 9.84 Å². The monoisotopic (exact) mass is 335 g/mol. The predicted molar refractivity (Wildman–Crippen MR) is 87.8 cm³/mol. The zero-order chi connectivity index (χ0) is 16.3. The van der Waals surface area contributed by atoms with E-state index in [9.17, 15) is 8.42 Å². The quantitative estimate of drug-likeness (QED) is 0.876. The topological polar surface area (TPSA) is 84.2 Å². The lowest BCUT2D eigenvalue weighted by Gasteiger charge is -2.22. The second-order valence-electron chi connectivity index (χ2n) is 5.97. The van der Waals surface area contributed by atoms with Gasteiger partial charge in [0, 0.05) is 6.07 Å². The molecule has 2 N–H and O–H groups in total. The number of benzene rings is 1. The molecule has 1 saturated heterocycles. The molecule has 1 aromatic carbocycles. The Bertz CT molecular complexity index is 747. The minimum Gasteiger partial charge on any atom is -0.360 e. The van der Waals surface area contributed by atoms with Crippen molar-refractivity contribution in [3.63, 3.8) is 0 Å². The van der Waals surface area contributed by atoms with Crippen molar-refractivity contribution in [2.75, 3.05) is 17.8 Å². The highest BCUT2D eigenvalue weighted by atomic mass is 32.2. The van der Waals surface area contributed by atoms with Gasteiger partial charge in [-0.3, -0.25) is 4.72 Å². The van der Waals surface area contributed by atoms with Crippen molar-refractivity contribution in [2.24, 2.45) is 5.92 Å². The zero-order valence-electron chi connectivity index (χ0n) is 13.1. The molecular weight excluding hydrogens is 314 g/mol. The number of aromatic nitrogens is 1. The van der Waals surface area contributed by atoms with Gasteiger partial charge in [-0.05, 0) is 62.9 Å². The van der Waals surface area contributed by atoms with Crippen LogP contribution >= 0.6 is 0 Å². The summed E-state index contributed by atoms with van der Waals surface area (Å²) in [6.07, 6.45) is 3.35. The fraction of sp³-hybridized carbons (Fsp3) is 0.438. The number of rotatable bonds is 5. The maximum absolute atomic E-state index is 12.3. The Kier molecular flexibility index (Phi) is 4.68. The third-order valence-corrected chi connectivity index (χ3v) is 5.45. The molecule has 0 spiro atoms. The van der Waals surface area contributed by atoms with E-state index in [1.54, 1.807) is 25.1 Å². The molecule has 7 heteroatoms. The van der Waals surface area contributed by atoms with Crippen LogP contribution in [0.1, 0.15) is 24.2 Å². The van der Waals surface area contributed by atoms with Crippen LogP contribution in [-0.4, -0.2) is 26.7 Å². The zero-order valence-corrected chi connectivity index (χ0v) is 13.9. The van der Waals surface area contributed by atoms with Crippen LogP contribution in [0.15, 0.2) is 39.8 Å². The van der Waals surface area contributed by atoms with Crippen molar-refractivity contribution >= 4 is 15.8 Å². The van der Waals surface area contributed by atoms with Gasteiger partial charge >= 0.3 is 0 Å². The molecule has 2 heterocycles. The van der Waals surface area contributed by atoms with E-state index < -0.39 is 10.0 Å². The molecule has 1 aliphatic rings. The lowest BCUT2D eigenvalue weighted by Crippen LogP contribution is -2.28. The standard InChI is InChI=1S/C16H21N3O3S/c1-12-10-16(18-22-12)19-23(20,21)15-4-2-13(3-5-15)11-14-6-8-17-9-7-14/h2-5,10,14,17H,6-9,11H2,1H3,(H,18,19). The van der Waals surface area contributed by atoms with Gasteiger partial charge in [-0.2, -0.15) is 0 Å². The summed E-state index contributed by atoms with van der Waals surface area (Å²) in [4.78, 5) is 0.229. The van der Waals surface area contributed by atoms with Crippen LogP contribution in [0.5, 0.6) is 0 Å². The maximum Gasteiger partial charge on any atom is 0.263 e. The third-order valence-electron chi connectivity index (χ3n) is 4.08. The Hall–Kier alpha value is -1.86. The number of nitrogens with one attached hydrogen (secondary N) is 2. The predicted octanol–water partition coefficient (Wildman–Crippen LogP) is 2.33. The van der Waals surface area contributed by atoms with Gasteiger partial charge in [-0.1, -0.05) is 17.3 Å². The molecule has 23 heavy (non-hydrogen) atoms. The molecule has 0 radical (unpaired) electrons.